The van der Waals surface area contributed by atoms with Gasteiger partial charge in [0, 0.05) is 44.6 Å². The molecule has 1 aromatic rings. The average molecular weight is 346 g/mol. The Morgan fingerprint density at radius 1 is 1.32 bits per heavy atom. The first-order chi connectivity index (χ1) is 12.2. The minimum absolute atomic E-state index is 0.217. The fourth-order valence-electron chi connectivity index (χ4n) is 3.93. The Morgan fingerprint density at radius 2 is 2.12 bits per heavy atom. The fourth-order valence-corrected chi connectivity index (χ4v) is 3.93. The molecular formula is C19H30N4O2. The van der Waals surface area contributed by atoms with Gasteiger partial charge in [0.1, 0.15) is 0 Å². The van der Waals surface area contributed by atoms with Crippen LogP contribution in [-0.2, 0) is 16.1 Å². The summed E-state index contributed by atoms with van der Waals surface area (Å²) in [7, 11) is 2.00. The van der Waals surface area contributed by atoms with Gasteiger partial charge in [-0.1, -0.05) is 13.3 Å². The Balaban J connectivity index is 1.50. The molecule has 0 N–H and O–H groups in total. The van der Waals surface area contributed by atoms with Gasteiger partial charge in [-0.3, -0.25) is 19.6 Å². The Kier molecular flexibility index (Phi) is 6.39. The van der Waals surface area contributed by atoms with E-state index in [1.165, 1.54) is 18.4 Å². The third-order valence-corrected chi connectivity index (χ3v) is 5.20. The number of morpholine rings is 1. The van der Waals surface area contributed by atoms with Crippen molar-refractivity contribution in [1.29, 1.82) is 0 Å². The van der Waals surface area contributed by atoms with Crippen molar-refractivity contribution in [3.63, 3.8) is 0 Å². The van der Waals surface area contributed by atoms with Gasteiger partial charge in [0.15, 0.2) is 0 Å². The van der Waals surface area contributed by atoms with E-state index in [1.54, 1.807) is 12.4 Å². The molecule has 3 heterocycles. The van der Waals surface area contributed by atoms with Gasteiger partial charge in [0.05, 0.1) is 25.8 Å². The Labute approximate surface area is 150 Å². The first-order valence-electron chi connectivity index (χ1n) is 9.36. The Bertz CT molecular complexity index is 552. The number of amides is 1. The maximum Gasteiger partial charge on any atom is 0.236 e. The van der Waals surface area contributed by atoms with Crippen LogP contribution in [0.1, 0.15) is 25.3 Å². The molecule has 0 bridgehead atoms. The number of hydrogen-bond acceptors (Lipinski definition) is 5. The topological polar surface area (TPSA) is 48.9 Å². The second kappa shape index (κ2) is 8.74. The third kappa shape index (κ3) is 4.77. The largest absolute Gasteiger partial charge is 0.378 e. The van der Waals surface area contributed by atoms with Crippen LogP contribution >= 0.6 is 0 Å². The number of aromatic nitrogens is 1. The number of ether oxygens (including phenoxy) is 1. The van der Waals surface area contributed by atoms with Gasteiger partial charge in [-0.15, -0.1) is 0 Å². The summed E-state index contributed by atoms with van der Waals surface area (Å²) in [6.07, 6.45) is 5.94. The normalized spacial score (nSPS) is 24.4. The molecule has 2 atom stereocenters. The first kappa shape index (κ1) is 18.3. The molecule has 25 heavy (non-hydrogen) atoms. The summed E-state index contributed by atoms with van der Waals surface area (Å²) in [5, 5.41) is 0. The maximum absolute atomic E-state index is 12.7. The van der Waals surface area contributed by atoms with E-state index in [4.69, 9.17) is 4.74 Å². The fraction of sp³-hybridized carbons (Fsp3) is 0.684. The summed E-state index contributed by atoms with van der Waals surface area (Å²) in [4.78, 5) is 23.4. The maximum atomic E-state index is 12.7. The third-order valence-electron chi connectivity index (χ3n) is 5.20. The molecule has 0 aliphatic carbocycles. The minimum atomic E-state index is 0.217. The number of piperazine rings is 1. The second-order valence-electron chi connectivity index (χ2n) is 7.24. The molecule has 0 saturated carbocycles. The van der Waals surface area contributed by atoms with Crippen molar-refractivity contribution in [2.45, 2.75) is 38.4 Å². The Hall–Kier alpha value is -1.50. The number of nitrogens with zero attached hydrogens (tertiary/aromatic N) is 4. The standard InChI is InChI=1S/C19H30N4O2/c1-3-4-17-14-25-15-18-12-22(9-10-23(17)18)19(24)13-21(2)11-16-5-7-20-8-6-16/h5-8,17-18H,3-4,9-15H2,1-2H3/t17-,18+/m0/s1. The highest BCUT2D eigenvalue weighted by molar-refractivity contribution is 5.78. The lowest BCUT2D eigenvalue weighted by atomic mass is 10.0. The van der Waals surface area contributed by atoms with E-state index in [-0.39, 0.29) is 5.91 Å². The monoisotopic (exact) mass is 346 g/mol. The summed E-state index contributed by atoms with van der Waals surface area (Å²) in [5.41, 5.74) is 1.18. The summed E-state index contributed by atoms with van der Waals surface area (Å²) >= 11 is 0. The van der Waals surface area contributed by atoms with Gasteiger partial charge < -0.3 is 9.64 Å². The van der Waals surface area contributed by atoms with Crippen LogP contribution in [0.2, 0.25) is 0 Å². The second-order valence-corrected chi connectivity index (χ2v) is 7.24. The molecular weight excluding hydrogens is 316 g/mol. The zero-order valence-corrected chi connectivity index (χ0v) is 15.4. The van der Waals surface area contributed by atoms with Crippen LogP contribution in [0, 0.1) is 0 Å². The van der Waals surface area contributed by atoms with Crippen molar-refractivity contribution < 1.29 is 9.53 Å². The molecule has 1 aromatic heterocycles. The van der Waals surface area contributed by atoms with Crippen molar-refractivity contribution in [3.8, 4) is 0 Å². The van der Waals surface area contributed by atoms with Crippen LogP contribution in [0.5, 0.6) is 0 Å². The molecule has 6 nitrogen and oxygen atoms in total. The van der Waals surface area contributed by atoms with Gasteiger partial charge >= 0.3 is 0 Å². The van der Waals surface area contributed by atoms with Crippen LogP contribution in [0.3, 0.4) is 0 Å². The van der Waals surface area contributed by atoms with Crippen molar-refractivity contribution in [2.24, 2.45) is 0 Å². The number of likely N-dealkylation sites (N-methyl/N-ethyl adjacent to an activating group) is 1. The molecule has 0 unspecified atom stereocenters. The number of carbonyl (C=O) groups is 1. The van der Waals surface area contributed by atoms with Crippen LogP contribution in [-0.4, -0.2) is 84.1 Å². The molecule has 138 valence electrons. The lowest BCUT2D eigenvalue weighted by Gasteiger charge is -2.48. The minimum Gasteiger partial charge on any atom is -0.378 e. The van der Waals surface area contributed by atoms with Crippen LogP contribution in [0.15, 0.2) is 24.5 Å². The molecule has 0 spiro atoms. The van der Waals surface area contributed by atoms with Crippen LogP contribution in [0.25, 0.3) is 0 Å². The molecule has 0 radical (unpaired) electrons. The van der Waals surface area contributed by atoms with Gasteiger partial charge in [-0.25, -0.2) is 0 Å². The van der Waals surface area contributed by atoms with Gasteiger partial charge in [-0.05, 0) is 31.2 Å². The predicted octanol–water partition coefficient (Wildman–Crippen LogP) is 1.23. The number of carbonyl (C=O) groups excluding carboxylic acids is 1. The van der Waals surface area contributed by atoms with Gasteiger partial charge in [0.25, 0.3) is 0 Å². The number of hydrogen-bond donors (Lipinski definition) is 0. The average Bonchev–Trinajstić information content (AvgIpc) is 2.62. The van der Waals surface area contributed by atoms with E-state index in [0.29, 0.717) is 18.6 Å². The zero-order chi connectivity index (χ0) is 17.6. The van der Waals surface area contributed by atoms with Crippen LogP contribution in [0.4, 0.5) is 0 Å². The van der Waals surface area contributed by atoms with E-state index < -0.39 is 0 Å². The summed E-state index contributed by atoms with van der Waals surface area (Å²) in [5.74, 6) is 0.217. The number of fused-ring (bicyclic) bond motifs is 1. The summed E-state index contributed by atoms with van der Waals surface area (Å²) in [6.45, 7) is 7.62. The lowest BCUT2D eigenvalue weighted by molar-refractivity contribution is -0.140. The summed E-state index contributed by atoms with van der Waals surface area (Å²) < 4.78 is 5.80. The van der Waals surface area contributed by atoms with Crippen molar-refractivity contribution in [2.75, 3.05) is 46.4 Å². The van der Waals surface area contributed by atoms with E-state index in [1.807, 2.05) is 24.1 Å². The van der Waals surface area contributed by atoms with Crippen molar-refractivity contribution in [1.82, 2.24) is 19.7 Å². The van der Waals surface area contributed by atoms with E-state index in [2.05, 4.69) is 21.7 Å². The first-order valence-corrected chi connectivity index (χ1v) is 9.36. The molecule has 3 rings (SSSR count). The number of rotatable bonds is 6. The molecule has 1 amide bonds. The SMILES string of the molecule is CCC[C@H]1COC[C@H]2CN(C(=O)CN(C)Cc3ccncc3)CCN12. The van der Waals surface area contributed by atoms with Gasteiger partial charge in [0.2, 0.25) is 5.91 Å². The predicted molar refractivity (Wildman–Crippen MR) is 97.2 cm³/mol. The highest BCUT2D eigenvalue weighted by Crippen LogP contribution is 2.21. The molecule has 2 fully saturated rings. The number of pyridine rings is 1. The highest BCUT2D eigenvalue weighted by atomic mass is 16.5. The quantitative estimate of drug-likeness (QED) is 0.775. The van der Waals surface area contributed by atoms with E-state index in [0.717, 1.165) is 39.4 Å². The zero-order valence-electron chi connectivity index (χ0n) is 15.4. The molecule has 6 heteroatoms. The molecule has 2 aliphatic rings. The molecule has 2 saturated heterocycles. The van der Waals surface area contributed by atoms with E-state index >= 15 is 0 Å². The smallest absolute Gasteiger partial charge is 0.236 e. The summed E-state index contributed by atoms with van der Waals surface area (Å²) in [6, 6.07) is 4.86. The van der Waals surface area contributed by atoms with Gasteiger partial charge in [-0.2, -0.15) is 0 Å². The van der Waals surface area contributed by atoms with Crippen molar-refractivity contribution in [3.05, 3.63) is 30.1 Å². The lowest BCUT2D eigenvalue weighted by Crippen LogP contribution is -2.63. The highest BCUT2D eigenvalue weighted by Gasteiger charge is 2.36. The van der Waals surface area contributed by atoms with Crippen molar-refractivity contribution >= 4 is 5.91 Å². The molecule has 0 aromatic carbocycles. The van der Waals surface area contributed by atoms with Crippen LogP contribution < -0.4 is 0 Å². The van der Waals surface area contributed by atoms with E-state index in [9.17, 15) is 4.79 Å². The molecule has 2 aliphatic heterocycles. The Morgan fingerprint density at radius 3 is 2.88 bits per heavy atom.